The smallest absolute Gasteiger partial charge is 0.108 e. The van der Waals surface area contributed by atoms with Gasteiger partial charge in [-0.15, -0.1) is 0 Å². The molecule has 0 aliphatic carbocycles. The highest BCUT2D eigenvalue weighted by Crippen LogP contribution is 2.09. The number of aromatic nitrogens is 2. The number of aryl methyl sites for hydroxylation is 2. The highest BCUT2D eigenvalue weighted by Gasteiger charge is 2.10. The van der Waals surface area contributed by atoms with Crippen molar-refractivity contribution in [1.82, 2.24) is 14.9 Å². The number of nitrogens with zero attached hydrogens (tertiary/aromatic N) is 2. The van der Waals surface area contributed by atoms with Crippen LogP contribution in [0.15, 0.2) is 12.4 Å². The number of imidazole rings is 1. The molecular weight excluding hydrogens is 214 g/mol. The van der Waals surface area contributed by atoms with E-state index in [1.165, 1.54) is 0 Å². The minimum atomic E-state index is 0.346. The molecule has 17 heavy (non-hydrogen) atoms. The van der Waals surface area contributed by atoms with Crippen LogP contribution in [0.2, 0.25) is 0 Å². The summed E-state index contributed by atoms with van der Waals surface area (Å²) < 4.78 is 7.36. The first kappa shape index (κ1) is 14.2. The quantitative estimate of drug-likeness (QED) is 0.751. The van der Waals surface area contributed by atoms with Crippen LogP contribution in [-0.2, 0) is 18.2 Å². The highest BCUT2D eigenvalue weighted by atomic mass is 16.5. The molecule has 1 aromatic rings. The second-order valence-corrected chi connectivity index (χ2v) is 4.60. The van der Waals surface area contributed by atoms with Crippen molar-refractivity contribution in [2.24, 2.45) is 7.05 Å². The van der Waals surface area contributed by atoms with Gasteiger partial charge in [0.15, 0.2) is 0 Å². The highest BCUT2D eigenvalue weighted by molar-refractivity contribution is 4.92. The minimum Gasteiger partial charge on any atom is -0.382 e. The van der Waals surface area contributed by atoms with Gasteiger partial charge in [-0.3, -0.25) is 0 Å². The Balaban J connectivity index is 2.30. The lowest BCUT2D eigenvalue weighted by Gasteiger charge is -2.18. The molecule has 0 aromatic carbocycles. The van der Waals surface area contributed by atoms with E-state index in [4.69, 9.17) is 4.74 Å². The van der Waals surface area contributed by atoms with Gasteiger partial charge in [-0.05, 0) is 33.2 Å². The third kappa shape index (κ3) is 4.88. The van der Waals surface area contributed by atoms with Crippen LogP contribution in [0.1, 0.15) is 32.0 Å². The summed E-state index contributed by atoms with van der Waals surface area (Å²) in [4.78, 5) is 4.34. The lowest BCUT2D eigenvalue weighted by atomic mass is 10.0. The Morgan fingerprint density at radius 2 is 2.18 bits per heavy atom. The van der Waals surface area contributed by atoms with Crippen LogP contribution in [0.3, 0.4) is 0 Å². The van der Waals surface area contributed by atoms with E-state index in [0.29, 0.717) is 12.1 Å². The molecule has 0 bridgehead atoms. The van der Waals surface area contributed by atoms with Crippen LogP contribution < -0.4 is 5.32 Å². The zero-order valence-electron chi connectivity index (χ0n) is 11.4. The Morgan fingerprint density at radius 1 is 1.41 bits per heavy atom. The van der Waals surface area contributed by atoms with Gasteiger partial charge < -0.3 is 14.6 Å². The topological polar surface area (TPSA) is 39.1 Å². The van der Waals surface area contributed by atoms with Crippen molar-refractivity contribution in [2.75, 3.05) is 14.2 Å². The Bertz CT molecular complexity index is 311. The Kier molecular flexibility index (Phi) is 6.22. The fourth-order valence-electron chi connectivity index (χ4n) is 1.93. The summed E-state index contributed by atoms with van der Waals surface area (Å²) in [5, 5.41) is 3.37. The van der Waals surface area contributed by atoms with E-state index in [-0.39, 0.29) is 0 Å². The first-order valence-corrected chi connectivity index (χ1v) is 6.33. The van der Waals surface area contributed by atoms with Gasteiger partial charge in [0.05, 0.1) is 6.10 Å². The lowest BCUT2D eigenvalue weighted by molar-refractivity contribution is 0.106. The van der Waals surface area contributed by atoms with Crippen molar-refractivity contribution in [1.29, 1.82) is 0 Å². The minimum absolute atomic E-state index is 0.346. The zero-order chi connectivity index (χ0) is 12.7. The maximum absolute atomic E-state index is 5.27. The first-order chi connectivity index (χ1) is 8.17. The van der Waals surface area contributed by atoms with Crippen molar-refractivity contribution >= 4 is 0 Å². The van der Waals surface area contributed by atoms with Gasteiger partial charge in [0.25, 0.3) is 0 Å². The summed E-state index contributed by atoms with van der Waals surface area (Å²) >= 11 is 0. The molecule has 0 fully saturated rings. The molecule has 4 nitrogen and oxygen atoms in total. The van der Waals surface area contributed by atoms with E-state index in [0.717, 1.165) is 31.5 Å². The Morgan fingerprint density at radius 3 is 2.71 bits per heavy atom. The second-order valence-electron chi connectivity index (χ2n) is 4.60. The van der Waals surface area contributed by atoms with Crippen LogP contribution >= 0.6 is 0 Å². The molecule has 1 rings (SSSR count). The molecule has 4 heteroatoms. The third-order valence-corrected chi connectivity index (χ3v) is 3.37. The van der Waals surface area contributed by atoms with Crippen molar-refractivity contribution in [3.8, 4) is 0 Å². The van der Waals surface area contributed by atoms with E-state index in [9.17, 15) is 0 Å². The van der Waals surface area contributed by atoms with Crippen molar-refractivity contribution in [3.05, 3.63) is 18.2 Å². The largest absolute Gasteiger partial charge is 0.382 e. The average Bonchev–Trinajstić information content (AvgIpc) is 2.75. The molecule has 0 aliphatic heterocycles. The summed E-state index contributed by atoms with van der Waals surface area (Å²) in [5.74, 6) is 1.16. The van der Waals surface area contributed by atoms with E-state index >= 15 is 0 Å². The molecular formula is C13H25N3O. The summed E-state index contributed by atoms with van der Waals surface area (Å²) in [6.45, 7) is 2.12. The van der Waals surface area contributed by atoms with Crippen LogP contribution in [-0.4, -0.2) is 35.9 Å². The molecule has 1 heterocycles. The molecule has 1 N–H and O–H groups in total. The second kappa shape index (κ2) is 7.45. The summed E-state index contributed by atoms with van der Waals surface area (Å²) in [6, 6.07) is 0.546. The van der Waals surface area contributed by atoms with Gasteiger partial charge in [0.2, 0.25) is 0 Å². The maximum Gasteiger partial charge on any atom is 0.108 e. The molecule has 0 radical (unpaired) electrons. The molecule has 1 aromatic heterocycles. The van der Waals surface area contributed by atoms with Gasteiger partial charge in [-0.2, -0.15) is 0 Å². The van der Waals surface area contributed by atoms with Gasteiger partial charge in [0.1, 0.15) is 5.82 Å². The molecule has 0 amide bonds. The molecule has 0 spiro atoms. The van der Waals surface area contributed by atoms with E-state index in [2.05, 4.69) is 21.8 Å². The van der Waals surface area contributed by atoms with Crippen molar-refractivity contribution < 1.29 is 4.74 Å². The SMILES string of the molecule is CNC(CCc1nccn1C)CCC(C)OC. The monoisotopic (exact) mass is 239 g/mol. The van der Waals surface area contributed by atoms with Crippen molar-refractivity contribution in [3.63, 3.8) is 0 Å². The summed E-state index contributed by atoms with van der Waals surface area (Å²) in [7, 11) is 5.84. The van der Waals surface area contributed by atoms with Gasteiger partial charge in [-0.1, -0.05) is 0 Å². The molecule has 2 atom stereocenters. The standard InChI is InChI=1S/C13H25N3O/c1-11(17-4)5-6-12(14-2)7-8-13-15-9-10-16(13)3/h9-12,14H,5-8H2,1-4H3. The fraction of sp³-hybridized carbons (Fsp3) is 0.769. The molecule has 0 saturated carbocycles. The van der Waals surface area contributed by atoms with E-state index in [1.807, 2.05) is 26.5 Å². The summed E-state index contributed by atoms with van der Waals surface area (Å²) in [6.07, 6.45) is 8.60. The maximum atomic E-state index is 5.27. The predicted octanol–water partition coefficient (Wildman–Crippen LogP) is 1.76. The predicted molar refractivity (Wildman–Crippen MR) is 70.1 cm³/mol. The Labute approximate surface area is 104 Å². The molecule has 98 valence electrons. The van der Waals surface area contributed by atoms with Gasteiger partial charge in [-0.25, -0.2) is 4.98 Å². The lowest BCUT2D eigenvalue weighted by Crippen LogP contribution is -2.27. The number of hydrogen-bond acceptors (Lipinski definition) is 3. The zero-order valence-corrected chi connectivity index (χ0v) is 11.4. The van der Waals surface area contributed by atoms with Crippen LogP contribution in [0, 0.1) is 0 Å². The van der Waals surface area contributed by atoms with Gasteiger partial charge >= 0.3 is 0 Å². The molecule has 0 saturated heterocycles. The normalized spacial score (nSPS) is 14.8. The van der Waals surface area contributed by atoms with Gasteiger partial charge in [0, 0.05) is 39.0 Å². The number of ether oxygens (including phenoxy) is 1. The first-order valence-electron chi connectivity index (χ1n) is 6.33. The number of methoxy groups -OCH3 is 1. The van der Waals surface area contributed by atoms with Crippen LogP contribution in [0.4, 0.5) is 0 Å². The Hall–Kier alpha value is -0.870. The molecule has 0 aliphatic rings. The van der Waals surface area contributed by atoms with Crippen LogP contribution in [0.25, 0.3) is 0 Å². The molecule has 2 unspecified atom stereocenters. The number of hydrogen-bond donors (Lipinski definition) is 1. The van der Waals surface area contributed by atoms with Crippen molar-refractivity contribution in [2.45, 2.75) is 44.8 Å². The van der Waals surface area contributed by atoms with E-state index in [1.54, 1.807) is 7.11 Å². The number of rotatable bonds is 8. The third-order valence-electron chi connectivity index (χ3n) is 3.37. The number of nitrogens with one attached hydrogen (secondary N) is 1. The fourth-order valence-corrected chi connectivity index (χ4v) is 1.93. The summed E-state index contributed by atoms with van der Waals surface area (Å²) in [5.41, 5.74) is 0. The van der Waals surface area contributed by atoms with E-state index < -0.39 is 0 Å². The van der Waals surface area contributed by atoms with Crippen LogP contribution in [0.5, 0.6) is 0 Å². The average molecular weight is 239 g/mol.